The third kappa shape index (κ3) is 2.75. The van der Waals surface area contributed by atoms with Crippen LogP contribution in [0.1, 0.15) is 25.2 Å². The first-order valence-electron chi connectivity index (χ1n) is 5.30. The normalized spacial score (nSPS) is 16.3. The average molecular weight is 236 g/mol. The Morgan fingerprint density at radius 2 is 1.76 bits per heavy atom. The van der Waals surface area contributed by atoms with E-state index < -0.39 is 18.2 Å². The molecule has 0 N–H and O–H groups in total. The average Bonchev–Trinajstić information content (AvgIpc) is 2.29. The van der Waals surface area contributed by atoms with Crippen LogP contribution in [0.2, 0.25) is 0 Å². The molecule has 0 atom stereocenters. The van der Waals surface area contributed by atoms with Crippen LogP contribution in [0.4, 0.5) is 0 Å². The monoisotopic (exact) mass is 236 g/mol. The van der Waals surface area contributed by atoms with Crippen LogP contribution in [-0.2, 0) is 19.1 Å². The molecule has 5 nitrogen and oxygen atoms in total. The zero-order valence-electron chi connectivity index (χ0n) is 9.34. The number of ether oxygens (including phenoxy) is 3. The Balaban J connectivity index is 2.11. The summed E-state index contributed by atoms with van der Waals surface area (Å²) < 4.78 is 15.1. The SMILES string of the molecule is CCOc1ccc(C2OC(=O)CC(=O)O2)cc1. The van der Waals surface area contributed by atoms with E-state index in [0.717, 1.165) is 0 Å². The van der Waals surface area contributed by atoms with E-state index in [4.69, 9.17) is 14.2 Å². The predicted molar refractivity (Wildman–Crippen MR) is 57.2 cm³/mol. The first-order chi connectivity index (χ1) is 8.19. The molecule has 0 spiro atoms. The molecular formula is C12H12O5. The molecule has 1 aliphatic heterocycles. The van der Waals surface area contributed by atoms with Crippen molar-refractivity contribution in [3.8, 4) is 5.75 Å². The summed E-state index contributed by atoms with van der Waals surface area (Å²) in [5.41, 5.74) is 0.606. The van der Waals surface area contributed by atoms with E-state index in [0.29, 0.717) is 17.9 Å². The summed E-state index contributed by atoms with van der Waals surface area (Å²) in [5.74, 6) is -0.426. The van der Waals surface area contributed by atoms with E-state index in [-0.39, 0.29) is 6.42 Å². The minimum Gasteiger partial charge on any atom is -0.494 e. The van der Waals surface area contributed by atoms with E-state index in [1.165, 1.54) is 0 Å². The highest BCUT2D eigenvalue weighted by Crippen LogP contribution is 2.25. The van der Waals surface area contributed by atoms with Crippen LogP contribution < -0.4 is 4.74 Å². The van der Waals surface area contributed by atoms with Crippen molar-refractivity contribution in [2.75, 3.05) is 6.61 Å². The summed E-state index contributed by atoms with van der Waals surface area (Å²) in [4.78, 5) is 22.2. The number of hydrogen-bond donors (Lipinski definition) is 0. The Bertz CT molecular complexity index is 407. The lowest BCUT2D eigenvalue weighted by Gasteiger charge is -2.22. The molecule has 2 rings (SSSR count). The molecule has 0 unspecified atom stereocenters. The van der Waals surface area contributed by atoms with Gasteiger partial charge in [0.2, 0.25) is 0 Å². The molecule has 1 aliphatic rings. The molecule has 1 saturated heterocycles. The molecule has 0 bridgehead atoms. The molecule has 1 heterocycles. The van der Waals surface area contributed by atoms with Crippen molar-refractivity contribution >= 4 is 11.9 Å². The van der Waals surface area contributed by atoms with Crippen LogP contribution in [0.15, 0.2) is 24.3 Å². The number of cyclic esters (lactones) is 2. The molecule has 17 heavy (non-hydrogen) atoms. The summed E-state index contributed by atoms with van der Waals surface area (Å²) in [5, 5.41) is 0. The lowest BCUT2D eigenvalue weighted by molar-refractivity contribution is -0.204. The van der Waals surface area contributed by atoms with Crippen LogP contribution in [0.5, 0.6) is 5.75 Å². The fourth-order valence-electron chi connectivity index (χ4n) is 1.49. The molecule has 1 aromatic carbocycles. The number of carbonyl (C=O) groups is 2. The Morgan fingerprint density at radius 1 is 1.18 bits per heavy atom. The number of benzene rings is 1. The maximum absolute atomic E-state index is 11.1. The quantitative estimate of drug-likeness (QED) is 0.589. The molecule has 5 heteroatoms. The van der Waals surface area contributed by atoms with Gasteiger partial charge >= 0.3 is 11.9 Å². The highest BCUT2D eigenvalue weighted by atomic mass is 16.7. The third-order valence-corrected chi connectivity index (χ3v) is 2.23. The molecule has 0 radical (unpaired) electrons. The third-order valence-electron chi connectivity index (χ3n) is 2.23. The van der Waals surface area contributed by atoms with Crippen molar-refractivity contribution in [3.63, 3.8) is 0 Å². The maximum Gasteiger partial charge on any atom is 0.320 e. The Labute approximate surface area is 98.3 Å². The minimum atomic E-state index is -0.945. The fraction of sp³-hybridized carbons (Fsp3) is 0.333. The highest BCUT2D eigenvalue weighted by molar-refractivity contribution is 5.92. The van der Waals surface area contributed by atoms with Gasteiger partial charge in [0.15, 0.2) is 0 Å². The van der Waals surface area contributed by atoms with Crippen LogP contribution in [0, 0.1) is 0 Å². The van der Waals surface area contributed by atoms with Crippen molar-refractivity contribution in [2.24, 2.45) is 0 Å². The summed E-state index contributed by atoms with van der Waals surface area (Å²) in [7, 11) is 0. The first-order valence-corrected chi connectivity index (χ1v) is 5.30. The Hall–Kier alpha value is -2.04. The van der Waals surface area contributed by atoms with E-state index in [1.54, 1.807) is 24.3 Å². The molecule has 0 aliphatic carbocycles. The van der Waals surface area contributed by atoms with Gasteiger partial charge < -0.3 is 14.2 Å². The topological polar surface area (TPSA) is 61.8 Å². The van der Waals surface area contributed by atoms with Crippen molar-refractivity contribution in [3.05, 3.63) is 29.8 Å². The molecule has 1 aromatic rings. The van der Waals surface area contributed by atoms with Crippen molar-refractivity contribution in [1.82, 2.24) is 0 Å². The number of carbonyl (C=O) groups excluding carboxylic acids is 2. The number of rotatable bonds is 3. The van der Waals surface area contributed by atoms with Gasteiger partial charge in [0.05, 0.1) is 6.61 Å². The Kier molecular flexibility index (Phi) is 3.27. The predicted octanol–water partition coefficient (Wildman–Crippen LogP) is 1.57. The lowest BCUT2D eigenvalue weighted by Crippen LogP contribution is -2.26. The van der Waals surface area contributed by atoms with Gasteiger partial charge in [-0.2, -0.15) is 0 Å². The summed E-state index contributed by atoms with van der Waals surface area (Å²) in [6.07, 6.45) is -1.27. The number of esters is 2. The summed E-state index contributed by atoms with van der Waals surface area (Å²) in [6.45, 7) is 2.46. The van der Waals surface area contributed by atoms with Crippen molar-refractivity contribution < 1.29 is 23.8 Å². The van der Waals surface area contributed by atoms with E-state index in [9.17, 15) is 9.59 Å². The summed E-state index contributed by atoms with van der Waals surface area (Å²) >= 11 is 0. The van der Waals surface area contributed by atoms with Crippen LogP contribution >= 0.6 is 0 Å². The largest absolute Gasteiger partial charge is 0.494 e. The molecular weight excluding hydrogens is 224 g/mol. The second kappa shape index (κ2) is 4.86. The van der Waals surface area contributed by atoms with Crippen LogP contribution in [0.3, 0.4) is 0 Å². The van der Waals surface area contributed by atoms with Gasteiger partial charge in [0, 0.05) is 5.56 Å². The number of hydrogen-bond acceptors (Lipinski definition) is 5. The second-order valence-electron chi connectivity index (χ2n) is 3.49. The van der Waals surface area contributed by atoms with Crippen molar-refractivity contribution in [2.45, 2.75) is 19.6 Å². The standard InChI is InChI=1S/C12H12O5/c1-2-15-9-5-3-8(4-6-9)12-16-10(13)7-11(14)17-12/h3-6,12H,2,7H2,1H3. The van der Waals surface area contributed by atoms with Gasteiger partial charge in [0.25, 0.3) is 6.29 Å². The molecule has 90 valence electrons. The lowest BCUT2D eigenvalue weighted by atomic mass is 10.2. The van der Waals surface area contributed by atoms with Gasteiger partial charge in [-0.15, -0.1) is 0 Å². The second-order valence-corrected chi connectivity index (χ2v) is 3.49. The molecule has 0 aromatic heterocycles. The minimum absolute atomic E-state index is 0.326. The zero-order chi connectivity index (χ0) is 12.3. The van der Waals surface area contributed by atoms with Crippen LogP contribution in [0.25, 0.3) is 0 Å². The molecule has 1 fully saturated rings. The van der Waals surface area contributed by atoms with E-state index in [1.807, 2.05) is 6.92 Å². The van der Waals surface area contributed by atoms with Crippen LogP contribution in [-0.4, -0.2) is 18.5 Å². The first kappa shape index (κ1) is 11.4. The summed E-state index contributed by atoms with van der Waals surface area (Å²) in [6, 6.07) is 6.85. The van der Waals surface area contributed by atoms with Gasteiger partial charge in [-0.25, -0.2) is 0 Å². The molecule has 0 amide bonds. The van der Waals surface area contributed by atoms with E-state index >= 15 is 0 Å². The van der Waals surface area contributed by atoms with Gasteiger partial charge in [0.1, 0.15) is 12.2 Å². The molecule has 0 saturated carbocycles. The van der Waals surface area contributed by atoms with Gasteiger partial charge in [-0.3, -0.25) is 9.59 Å². The van der Waals surface area contributed by atoms with Crippen molar-refractivity contribution in [1.29, 1.82) is 0 Å². The van der Waals surface area contributed by atoms with Gasteiger partial charge in [-0.1, -0.05) is 0 Å². The highest BCUT2D eigenvalue weighted by Gasteiger charge is 2.28. The maximum atomic E-state index is 11.1. The zero-order valence-corrected chi connectivity index (χ0v) is 9.34. The fourth-order valence-corrected chi connectivity index (χ4v) is 1.49. The van der Waals surface area contributed by atoms with Gasteiger partial charge in [-0.05, 0) is 31.2 Å². The smallest absolute Gasteiger partial charge is 0.320 e. The Morgan fingerprint density at radius 3 is 2.29 bits per heavy atom. The van der Waals surface area contributed by atoms with E-state index in [2.05, 4.69) is 0 Å².